The molecule has 0 aliphatic carbocycles. The second kappa shape index (κ2) is 8.18. The van der Waals surface area contributed by atoms with Crippen LogP contribution < -0.4 is 0 Å². The van der Waals surface area contributed by atoms with Crippen LogP contribution >= 0.6 is 0 Å². The highest BCUT2D eigenvalue weighted by Gasteiger charge is 2.10. The van der Waals surface area contributed by atoms with Crippen molar-refractivity contribution in [2.24, 2.45) is 0 Å². The van der Waals surface area contributed by atoms with Crippen molar-refractivity contribution >= 4 is 5.78 Å². The normalized spacial score (nSPS) is 12.4. The van der Waals surface area contributed by atoms with E-state index in [1.807, 2.05) is 54.6 Å². The molecule has 108 valence electrons. The van der Waals surface area contributed by atoms with Crippen molar-refractivity contribution in [1.29, 1.82) is 0 Å². The molecular formula is C19H20O2. The van der Waals surface area contributed by atoms with Gasteiger partial charge in [-0.25, -0.2) is 0 Å². The highest BCUT2D eigenvalue weighted by Crippen LogP contribution is 2.16. The van der Waals surface area contributed by atoms with Gasteiger partial charge in [-0.05, 0) is 30.0 Å². The summed E-state index contributed by atoms with van der Waals surface area (Å²) in [5, 5.41) is 9.97. The number of carbonyl (C=O) groups is 1. The van der Waals surface area contributed by atoms with Crippen molar-refractivity contribution in [3.63, 3.8) is 0 Å². The highest BCUT2D eigenvalue weighted by atomic mass is 16.3. The Morgan fingerprint density at radius 1 is 1.00 bits per heavy atom. The summed E-state index contributed by atoms with van der Waals surface area (Å²) in [5.74, 6) is -0.0422. The number of hydrogen-bond acceptors (Lipinski definition) is 2. The molecule has 2 nitrogen and oxygen atoms in total. The van der Waals surface area contributed by atoms with Gasteiger partial charge in [0.2, 0.25) is 0 Å². The monoisotopic (exact) mass is 280 g/mol. The summed E-state index contributed by atoms with van der Waals surface area (Å²) in [6, 6.07) is 19.4. The molecule has 0 fully saturated rings. The number of aliphatic hydroxyl groups excluding tert-OH is 1. The van der Waals surface area contributed by atoms with E-state index in [1.165, 1.54) is 5.56 Å². The van der Waals surface area contributed by atoms with Gasteiger partial charge in [-0.15, -0.1) is 0 Å². The van der Waals surface area contributed by atoms with Crippen LogP contribution in [0.25, 0.3) is 0 Å². The number of aryl methyl sites for hydroxylation is 1. The Morgan fingerprint density at radius 2 is 1.62 bits per heavy atom. The Labute approximate surface area is 125 Å². The maximum atomic E-state index is 11.8. The lowest BCUT2D eigenvalue weighted by molar-refractivity contribution is -0.116. The Morgan fingerprint density at radius 3 is 2.29 bits per heavy atom. The number of allylic oxidation sites excluding steroid dienone is 2. The molecule has 1 N–H and O–H groups in total. The van der Waals surface area contributed by atoms with Crippen LogP contribution in [-0.4, -0.2) is 10.9 Å². The van der Waals surface area contributed by atoms with Crippen LogP contribution in [0.3, 0.4) is 0 Å². The van der Waals surface area contributed by atoms with Gasteiger partial charge in [-0.1, -0.05) is 66.7 Å². The summed E-state index contributed by atoms with van der Waals surface area (Å²) in [6.07, 6.45) is 4.62. The first kappa shape index (κ1) is 15.2. The molecule has 0 saturated carbocycles. The van der Waals surface area contributed by atoms with Gasteiger partial charge >= 0.3 is 0 Å². The minimum atomic E-state index is -0.725. The van der Waals surface area contributed by atoms with E-state index < -0.39 is 6.10 Å². The maximum absolute atomic E-state index is 11.8. The van der Waals surface area contributed by atoms with Crippen LogP contribution in [0.4, 0.5) is 0 Å². The molecule has 0 radical (unpaired) electrons. The fraction of sp³-hybridized carbons (Fsp3) is 0.211. The average molecular weight is 280 g/mol. The van der Waals surface area contributed by atoms with Crippen molar-refractivity contribution in [2.75, 3.05) is 0 Å². The minimum absolute atomic E-state index is 0.0422. The molecule has 1 atom stereocenters. The van der Waals surface area contributed by atoms with Crippen LogP contribution in [0.5, 0.6) is 0 Å². The molecule has 2 aromatic rings. The number of benzene rings is 2. The second-order valence-corrected chi connectivity index (χ2v) is 5.02. The molecule has 0 heterocycles. The predicted octanol–water partition coefficient (Wildman–Crippen LogP) is 3.87. The molecule has 2 rings (SSSR count). The van der Waals surface area contributed by atoms with Crippen molar-refractivity contribution in [1.82, 2.24) is 0 Å². The zero-order valence-electron chi connectivity index (χ0n) is 12.0. The first-order valence-electron chi connectivity index (χ1n) is 7.22. The number of rotatable bonds is 7. The van der Waals surface area contributed by atoms with Crippen molar-refractivity contribution in [2.45, 2.75) is 25.4 Å². The molecule has 2 aromatic carbocycles. The number of ketones is 1. The van der Waals surface area contributed by atoms with E-state index in [0.717, 1.165) is 18.4 Å². The Hall–Kier alpha value is -2.19. The summed E-state index contributed by atoms with van der Waals surface area (Å²) in [7, 11) is 0. The zero-order valence-corrected chi connectivity index (χ0v) is 12.0. The van der Waals surface area contributed by atoms with Gasteiger partial charge in [0.25, 0.3) is 0 Å². The predicted molar refractivity (Wildman–Crippen MR) is 84.9 cm³/mol. The molecule has 0 bridgehead atoms. The van der Waals surface area contributed by atoms with E-state index in [0.29, 0.717) is 0 Å². The third-order valence-electron chi connectivity index (χ3n) is 3.33. The summed E-state index contributed by atoms with van der Waals surface area (Å²) in [6.45, 7) is 0. The lowest BCUT2D eigenvalue weighted by Gasteiger charge is -2.08. The summed E-state index contributed by atoms with van der Waals surface area (Å²) in [4.78, 5) is 11.8. The highest BCUT2D eigenvalue weighted by molar-refractivity contribution is 5.90. The molecule has 2 heteroatoms. The van der Waals surface area contributed by atoms with Crippen LogP contribution in [0.1, 0.15) is 30.1 Å². The first-order valence-corrected chi connectivity index (χ1v) is 7.22. The number of aliphatic hydroxyl groups is 1. The van der Waals surface area contributed by atoms with Crippen LogP contribution in [0.15, 0.2) is 72.8 Å². The van der Waals surface area contributed by atoms with Gasteiger partial charge in [-0.2, -0.15) is 0 Å². The van der Waals surface area contributed by atoms with Crippen molar-refractivity contribution < 1.29 is 9.90 Å². The van der Waals surface area contributed by atoms with Crippen LogP contribution in [0.2, 0.25) is 0 Å². The lowest BCUT2D eigenvalue weighted by Crippen LogP contribution is -2.04. The zero-order chi connectivity index (χ0) is 14.9. The standard InChI is InChI=1S/C19H20O2/c20-18(15-19(21)17-12-5-2-6-13-17)14-8-7-11-16-9-3-1-4-10-16/h1-6,8-10,12-14,19,21H,7,11,15H2/b14-8+. The number of carbonyl (C=O) groups excluding carboxylic acids is 1. The maximum Gasteiger partial charge on any atom is 0.158 e. The van der Waals surface area contributed by atoms with Gasteiger partial charge < -0.3 is 5.11 Å². The summed E-state index contributed by atoms with van der Waals surface area (Å²) >= 11 is 0. The molecule has 0 aromatic heterocycles. The minimum Gasteiger partial charge on any atom is -0.388 e. The van der Waals surface area contributed by atoms with Crippen molar-refractivity contribution in [3.8, 4) is 0 Å². The van der Waals surface area contributed by atoms with Gasteiger partial charge in [0, 0.05) is 6.42 Å². The topological polar surface area (TPSA) is 37.3 Å². The van der Waals surface area contributed by atoms with E-state index >= 15 is 0 Å². The van der Waals surface area contributed by atoms with E-state index in [2.05, 4.69) is 12.1 Å². The van der Waals surface area contributed by atoms with E-state index in [1.54, 1.807) is 6.08 Å². The molecule has 21 heavy (non-hydrogen) atoms. The van der Waals surface area contributed by atoms with Crippen LogP contribution in [0, 0.1) is 0 Å². The van der Waals surface area contributed by atoms with Gasteiger partial charge in [0.15, 0.2) is 5.78 Å². The first-order chi connectivity index (χ1) is 10.3. The second-order valence-electron chi connectivity index (χ2n) is 5.02. The average Bonchev–Trinajstić information content (AvgIpc) is 2.53. The van der Waals surface area contributed by atoms with Crippen LogP contribution in [-0.2, 0) is 11.2 Å². The molecule has 0 aliphatic heterocycles. The lowest BCUT2D eigenvalue weighted by atomic mass is 10.0. The largest absolute Gasteiger partial charge is 0.388 e. The van der Waals surface area contributed by atoms with E-state index in [-0.39, 0.29) is 12.2 Å². The van der Waals surface area contributed by atoms with Gasteiger partial charge in [0.1, 0.15) is 0 Å². The Kier molecular flexibility index (Phi) is 5.92. The molecular weight excluding hydrogens is 260 g/mol. The fourth-order valence-corrected chi connectivity index (χ4v) is 2.16. The smallest absolute Gasteiger partial charge is 0.158 e. The number of hydrogen-bond donors (Lipinski definition) is 1. The molecule has 0 amide bonds. The molecule has 1 unspecified atom stereocenters. The SMILES string of the molecule is O=C(/C=C/CCc1ccccc1)CC(O)c1ccccc1. The quantitative estimate of drug-likeness (QED) is 0.782. The summed E-state index contributed by atoms with van der Waals surface area (Å²) < 4.78 is 0. The summed E-state index contributed by atoms with van der Waals surface area (Å²) in [5.41, 5.74) is 2.04. The fourth-order valence-electron chi connectivity index (χ4n) is 2.16. The van der Waals surface area contributed by atoms with Crippen molar-refractivity contribution in [3.05, 3.63) is 83.9 Å². The van der Waals surface area contributed by atoms with E-state index in [4.69, 9.17) is 0 Å². The molecule has 0 spiro atoms. The third kappa shape index (κ3) is 5.36. The molecule has 0 aliphatic rings. The molecule has 0 saturated heterocycles. The van der Waals surface area contributed by atoms with Gasteiger partial charge in [0.05, 0.1) is 6.10 Å². The Bertz CT molecular complexity index is 573. The Balaban J connectivity index is 1.75. The third-order valence-corrected chi connectivity index (χ3v) is 3.33. The van der Waals surface area contributed by atoms with Gasteiger partial charge in [-0.3, -0.25) is 4.79 Å². The van der Waals surface area contributed by atoms with E-state index in [9.17, 15) is 9.90 Å².